The van der Waals surface area contributed by atoms with Gasteiger partial charge in [-0.3, -0.25) is 9.59 Å². The first-order chi connectivity index (χ1) is 12.1. The van der Waals surface area contributed by atoms with Crippen LogP contribution in [-0.4, -0.2) is 25.7 Å². The predicted octanol–water partition coefficient (Wildman–Crippen LogP) is 4.01. The van der Waals surface area contributed by atoms with Crippen LogP contribution in [-0.2, 0) is 19.1 Å². The van der Waals surface area contributed by atoms with Crippen LogP contribution in [0.15, 0.2) is 0 Å². The van der Waals surface area contributed by atoms with Gasteiger partial charge in [0, 0.05) is 0 Å². The second-order valence-electron chi connectivity index (χ2n) is 7.44. The maximum absolute atomic E-state index is 12.9. The van der Waals surface area contributed by atoms with Crippen molar-refractivity contribution >= 4 is 11.9 Å². The Balaban J connectivity index is 2.48. The lowest BCUT2D eigenvalue weighted by atomic mass is 9.58. The first-order valence-electron chi connectivity index (χ1n) is 9.78. The number of ether oxygens (including phenoxy) is 2. The summed E-state index contributed by atoms with van der Waals surface area (Å²) >= 11 is 0. The van der Waals surface area contributed by atoms with Crippen LogP contribution in [0.1, 0.15) is 71.1 Å². The molecule has 0 radical (unpaired) electrons. The monoisotopic (exact) mass is 349 g/mol. The minimum absolute atomic E-state index is 0.0217. The van der Waals surface area contributed by atoms with E-state index in [0.29, 0.717) is 0 Å². The lowest BCUT2D eigenvalue weighted by molar-refractivity contribution is -0.172. The van der Waals surface area contributed by atoms with Crippen molar-refractivity contribution in [2.45, 2.75) is 71.1 Å². The molecule has 0 heterocycles. The number of nitriles is 1. The molecule has 0 aromatic carbocycles. The normalized spacial score (nSPS) is 23.1. The molecule has 0 amide bonds. The molecule has 0 spiro atoms. The van der Waals surface area contributed by atoms with E-state index in [1.54, 1.807) is 6.92 Å². The third-order valence-electron chi connectivity index (χ3n) is 6.11. The van der Waals surface area contributed by atoms with E-state index in [2.05, 4.69) is 6.07 Å². The van der Waals surface area contributed by atoms with E-state index in [0.717, 1.165) is 64.2 Å². The largest absolute Gasteiger partial charge is 0.468 e. The second-order valence-corrected chi connectivity index (χ2v) is 7.44. The highest BCUT2D eigenvalue weighted by Gasteiger charge is 2.59. The van der Waals surface area contributed by atoms with Crippen molar-refractivity contribution < 1.29 is 19.1 Å². The van der Waals surface area contributed by atoms with Gasteiger partial charge in [0.15, 0.2) is 5.41 Å². The highest BCUT2D eigenvalue weighted by Crippen LogP contribution is 2.50. The van der Waals surface area contributed by atoms with Gasteiger partial charge in [0.2, 0.25) is 0 Å². The fourth-order valence-electron chi connectivity index (χ4n) is 4.93. The van der Waals surface area contributed by atoms with Crippen molar-refractivity contribution in [2.75, 3.05) is 13.7 Å². The molecule has 0 aromatic heterocycles. The average Bonchev–Trinajstić information content (AvgIpc) is 2.67. The molecular weight excluding hydrogens is 318 g/mol. The Morgan fingerprint density at radius 2 is 1.64 bits per heavy atom. The Bertz CT molecular complexity index is 500. The van der Waals surface area contributed by atoms with Gasteiger partial charge in [0.25, 0.3) is 0 Å². The smallest absolute Gasteiger partial charge is 0.327 e. The summed E-state index contributed by atoms with van der Waals surface area (Å²) in [5, 5.41) is 10.2. The third kappa shape index (κ3) is 3.99. The summed E-state index contributed by atoms with van der Waals surface area (Å²) < 4.78 is 10.4. The van der Waals surface area contributed by atoms with Crippen LogP contribution in [0, 0.1) is 34.5 Å². The van der Waals surface area contributed by atoms with Crippen molar-refractivity contribution in [3.05, 3.63) is 0 Å². The van der Waals surface area contributed by atoms with Crippen molar-refractivity contribution in [2.24, 2.45) is 23.2 Å². The minimum Gasteiger partial charge on any atom is -0.468 e. The molecule has 2 rings (SSSR count). The van der Waals surface area contributed by atoms with Gasteiger partial charge in [-0.15, -0.1) is 0 Å². The SMILES string of the molecule is CCOC(=O)C(C1CCCCC1)C(C#N)(C(=O)OC)C1CCCCC1. The lowest BCUT2D eigenvalue weighted by Crippen LogP contribution is -2.52. The topological polar surface area (TPSA) is 76.4 Å². The highest BCUT2D eigenvalue weighted by molar-refractivity contribution is 5.88. The summed E-state index contributed by atoms with van der Waals surface area (Å²) in [5.74, 6) is -1.77. The Labute approximate surface area is 151 Å². The van der Waals surface area contributed by atoms with Gasteiger partial charge in [-0.2, -0.15) is 5.26 Å². The molecular formula is C20H31NO4. The number of carbonyl (C=O) groups excluding carboxylic acids is 2. The molecule has 2 aliphatic carbocycles. The molecule has 0 saturated heterocycles. The molecule has 5 heteroatoms. The second kappa shape index (κ2) is 9.22. The molecule has 2 unspecified atom stereocenters. The van der Waals surface area contributed by atoms with Crippen molar-refractivity contribution in [3.8, 4) is 6.07 Å². The zero-order chi connectivity index (χ0) is 18.3. The molecule has 0 bridgehead atoms. The van der Waals surface area contributed by atoms with Gasteiger partial charge >= 0.3 is 11.9 Å². The van der Waals surface area contributed by atoms with E-state index < -0.39 is 23.3 Å². The van der Waals surface area contributed by atoms with E-state index in [1.165, 1.54) is 7.11 Å². The number of hydrogen-bond acceptors (Lipinski definition) is 5. The molecule has 2 aliphatic rings. The highest BCUT2D eigenvalue weighted by atomic mass is 16.5. The van der Waals surface area contributed by atoms with Crippen molar-refractivity contribution in [1.82, 2.24) is 0 Å². The summed E-state index contributed by atoms with van der Waals surface area (Å²) in [6.07, 6.45) is 9.65. The van der Waals surface area contributed by atoms with Gasteiger partial charge in [0.1, 0.15) is 0 Å². The number of hydrogen-bond donors (Lipinski definition) is 0. The van der Waals surface area contributed by atoms with Crippen LogP contribution >= 0.6 is 0 Å². The molecule has 5 nitrogen and oxygen atoms in total. The summed E-state index contributed by atoms with van der Waals surface area (Å²) in [6.45, 7) is 2.03. The van der Waals surface area contributed by atoms with E-state index >= 15 is 0 Å². The number of rotatable bonds is 6. The summed E-state index contributed by atoms with van der Waals surface area (Å²) in [7, 11) is 1.32. The Kier molecular flexibility index (Phi) is 7.28. The van der Waals surface area contributed by atoms with Gasteiger partial charge < -0.3 is 9.47 Å². The van der Waals surface area contributed by atoms with E-state index in [-0.39, 0.29) is 18.4 Å². The number of carbonyl (C=O) groups is 2. The van der Waals surface area contributed by atoms with E-state index in [4.69, 9.17) is 9.47 Å². The number of methoxy groups -OCH3 is 1. The number of nitrogens with zero attached hydrogens (tertiary/aromatic N) is 1. The van der Waals surface area contributed by atoms with Crippen LogP contribution in [0.25, 0.3) is 0 Å². The molecule has 2 saturated carbocycles. The van der Waals surface area contributed by atoms with E-state index in [9.17, 15) is 14.9 Å². The fourth-order valence-corrected chi connectivity index (χ4v) is 4.93. The van der Waals surface area contributed by atoms with Gasteiger partial charge in [-0.1, -0.05) is 38.5 Å². The zero-order valence-electron chi connectivity index (χ0n) is 15.6. The summed E-state index contributed by atoms with van der Waals surface area (Å²) in [4.78, 5) is 25.8. The Hall–Kier alpha value is -1.57. The lowest BCUT2D eigenvalue weighted by Gasteiger charge is -2.43. The number of esters is 2. The standard InChI is InChI=1S/C20H31NO4/c1-3-25-18(22)17(15-10-6-4-7-11-15)20(14-21,19(23)24-2)16-12-8-5-9-13-16/h15-17H,3-13H2,1-2H3. The molecule has 2 fully saturated rings. The van der Waals surface area contributed by atoms with Crippen molar-refractivity contribution in [3.63, 3.8) is 0 Å². The van der Waals surface area contributed by atoms with Crippen LogP contribution in [0.2, 0.25) is 0 Å². The first kappa shape index (κ1) is 19.8. The predicted molar refractivity (Wildman–Crippen MR) is 93.3 cm³/mol. The minimum atomic E-state index is -1.41. The van der Waals surface area contributed by atoms with Gasteiger partial charge in [-0.25, -0.2) is 0 Å². The average molecular weight is 349 g/mol. The zero-order valence-corrected chi connectivity index (χ0v) is 15.6. The molecule has 2 atom stereocenters. The van der Waals surface area contributed by atoms with Crippen LogP contribution in [0.4, 0.5) is 0 Å². The molecule has 140 valence electrons. The quantitative estimate of drug-likeness (QED) is 0.677. The van der Waals surface area contributed by atoms with Crippen LogP contribution in [0.3, 0.4) is 0 Å². The van der Waals surface area contributed by atoms with Crippen LogP contribution < -0.4 is 0 Å². The Morgan fingerprint density at radius 1 is 1.08 bits per heavy atom. The molecule has 0 aromatic rings. The van der Waals surface area contributed by atoms with Crippen LogP contribution in [0.5, 0.6) is 0 Å². The maximum Gasteiger partial charge on any atom is 0.327 e. The maximum atomic E-state index is 12.9. The third-order valence-corrected chi connectivity index (χ3v) is 6.11. The first-order valence-corrected chi connectivity index (χ1v) is 9.78. The summed E-state index contributed by atoms with van der Waals surface area (Å²) in [6, 6.07) is 2.30. The van der Waals surface area contributed by atoms with E-state index in [1.807, 2.05) is 0 Å². The Morgan fingerprint density at radius 3 is 2.12 bits per heavy atom. The van der Waals surface area contributed by atoms with Crippen molar-refractivity contribution in [1.29, 1.82) is 5.26 Å². The van der Waals surface area contributed by atoms with Gasteiger partial charge in [0.05, 0.1) is 25.7 Å². The van der Waals surface area contributed by atoms with Gasteiger partial charge in [-0.05, 0) is 44.4 Å². The fraction of sp³-hybridized carbons (Fsp3) is 0.850. The molecule has 0 aliphatic heterocycles. The summed E-state index contributed by atoms with van der Waals surface area (Å²) in [5.41, 5.74) is -1.41. The molecule has 25 heavy (non-hydrogen) atoms. The molecule has 0 N–H and O–H groups in total.